The van der Waals surface area contributed by atoms with Crippen molar-refractivity contribution in [2.45, 2.75) is 37.8 Å². The van der Waals surface area contributed by atoms with Crippen LogP contribution in [0.15, 0.2) is 152 Å². The summed E-state index contributed by atoms with van der Waals surface area (Å²) < 4.78 is 119. The van der Waals surface area contributed by atoms with Crippen LogP contribution in [-0.2, 0) is 9.59 Å². The Hall–Kier alpha value is -7.51. The average molecular weight is 969 g/mol. The molecule has 0 saturated carbocycles. The molecule has 0 radical (unpaired) electrons. The highest BCUT2D eigenvalue weighted by Crippen LogP contribution is 2.33. The third-order valence-corrected chi connectivity index (χ3v) is 9.52. The minimum absolute atomic E-state index is 0.0667. The predicted octanol–water partition coefficient (Wildman–Crippen LogP) is 11.9. The fourth-order valence-corrected chi connectivity index (χ4v) is 6.47. The van der Waals surface area contributed by atoms with E-state index in [9.17, 15) is 40.3 Å². The fraction of sp³-hybridized carbons (Fsp3) is 0.240. The second kappa shape index (κ2) is 25.0. The van der Waals surface area contributed by atoms with Gasteiger partial charge in [-0.05, 0) is 110 Å². The Morgan fingerprint density at radius 1 is 0.478 bits per heavy atom. The summed E-state index contributed by atoms with van der Waals surface area (Å²) in [6.07, 6.45) is -9.36. The summed E-state index contributed by atoms with van der Waals surface area (Å²) in [4.78, 5) is 25.2. The van der Waals surface area contributed by atoms with Crippen molar-refractivity contribution < 1.29 is 79.0 Å². The zero-order valence-corrected chi connectivity index (χ0v) is 37.0. The molecular weight excluding hydrogens is 922 g/mol. The van der Waals surface area contributed by atoms with Gasteiger partial charge in [-0.15, -0.1) is 26.3 Å². The molecule has 69 heavy (non-hydrogen) atoms. The van der Waals surface area contributed by atoms with Crippen LogP contribution in [-0.4, -0.2) is 85.0 Å². The van der Waals surface area contributed by atoms with E-state index in [4.69, 9.17) is 29.2 Å². The van der Waals surface area contributed by atoms with Crippen molar-refractivity contribution in [2.24, 2.45) is 0 Å². The first-order valence-electron chi connectivity index (χ1n) is 21.0. The number of carboxylic acid groups (broad SMARTS) is 2. The number of alkyl halides is 6. The summed E-state index contributed by atoms with van der Waals surface area (Å²) in [5.74, 6) is -0.836. The molecular formula is C50H47F7N2O10. The Bertz CT molecular complexity index is 2510. The van der Waals surface area contributed by atoms with E-state index in [1.54, 1.807) is 84.6 Å². The molecule has 0 aliphatic rings. The lowest BCUT2D eigenvalue weighted by atomic mass is 10.1. The molecule has 0 saturated heterocycles. The third kappa shape index (κ3) is 19.7. The summed E-state index contributed by atoms with van der Waals surface area (Å²) in [6.45, 7) is 0.745. The van der Waals surface area contributed by atoms with Crippen LogP contribution in [0.1, 0.15) is 36.2 Å². The quantitative estimate of drug-likeness (QED) is 0.0627. The van der Waals surface area contributed by atoms with Gasteiger partial charge in [0.05, 0.1) is 13.1 Å². The molecule has 0 amide bonds. The number of hydrogen-bond acceptors (Lipinski definition) is 10. The highest BCUT2D eigenvalue weighted by atomic mass is 19.4. The van der Waals surface area contributed by atoms with Gasteiger partial charge in [0, 0.05) is 38.1 Å². The van der Waals surface area contributed by atoms with Crippen molar-refractivity contribution in [2.75, 3.05) is 40.3 Å². The largest absolute Gasteiger partial charge is 0.573 e. The zero-order chi connectivity index (χ0) is 50.0. The standard InChI is InChI=1S/C25H23F4NO5.C25H24F3NO5/c1-30(16-24(31)32)14-13-23(17-5-7-18(26)8-6-17)34-20-11-9-19(10-12-20)33-21-3-2-4-22(15-21)35-25(27,28)29;1-29(17-24(30)31)15-14-23(18-6-3-2-4-7-18)33-20-12-10-19(11-13-20)32-21-8-5-9-22(16-21)34-25(26,27)28/h2-12,15,23H,13-14,16H2,1H3,(H,31,32);2-13,16,23H,14-15,17H2,1H3,(H,30,31). The molecule has 19 heteroatoms. The van der Waals surface area contributed by atoms with Crippen LogP contribution < -0.4 is 28.4 Å². The molecule has 0 spiro atoms. The summed E-state index contributed by atoms with van der Waals surface area (Å²) >= 11 is 0. The van der Waals surface area contributed by atoms with E-state index < -0.39 is 36.5 Å². The molecule has 0 aliphatic carbocycles. The maximum Gasteiger partial charge on any atom is 0.573 e. The second-order valence-electron chi connectivity index (χ2n) is 15.2. The van der Waals surface area contributed by atoms with Crippen LogP contribution in [0, 0.1) is 5.82 Å². The molecule has 2 atom stereocenters. The Morgan fingerprint density at radius 2 is 0.841 bits per heavy atom. The number of halogens is 7. The van der Waals surface area contributed by atoms with E-state index in [0.717, 1.165) is 23.3 Å². The lowest BCUT2D eigenvalue weighted by molar-refractivity contribution is -0.275. The van der Waals surface area contributed by atoms with E-state index in [1.165, 1.54) is 48.5 Å². The number of carbonyl (C=O) groups is 2. The lowest BCUT2D eigenvalue weighted by Gasteiger charge is -2.22. The normalized spacial score (nSPS) is 12.3. The summed E-state index contributed by atoms with van der Waals surface area (Å²) in [5, 5.41) is 17.9. The molecule has 0 aliphatic heterocycles. The number of likely N-dealkylation sites (N-methyl/N-ethyl adjacent to an activating group) is 2. The van der Waals surface area contributed by atoms with Crippen LogP contribution in [0.25, 0.3) is 0 Å². The van der Waals surface area contributed by atoms with Gasteiger partial charge in [-0.25, -0.2) is 4.39 Å². The van der Waals surface area contributed by atoms with Gasteiger partial charge in [0.25, 0.3) is 0 Å². The van der Waals surface area contributed by atoms with Gasteiger partial charge in [0.15, 0.2) is 0 Å². The van der Waals surface area contributed by atoms with Crippen molar-refractivity contribution in [3.63, 3.8) is 0 Å². The van der Waals surface area contributed by atoms with Crippen molar-refractivity contribution in [3.8, 4) is 46.0 Å². The molecule has 366 valence electrons. The number of nitrogens with zero attached hydrogens (tertiary/aromatic N) is 2. The van der Waals surface area contributed by atoms with Gasteiger partial charge in [-0.3, -0.25) is 19.4 Å². The Morgan fingerprint density at radius 3 is 1.22 bits per heavy atom. The molecule has 2 N–H and O–H groups in total. The van der Waals surface area contributed by atoms with Crippen LogP contribution in [0.4, 0.5) is 30.7 Å². The lowest BCUT2D eigenvalue weighted by Crippen LogP contribution is -2.28. The molecule has 0 aromatic heterocycles. The smallest absolute Gasteiger partial charge is 0.486 e. The van der Waals surface area contributed by atoms with Crippen molar-refractivity contribution in [1.29, 1.82) is 0 Å². The number of aliphatic carboxylic acids is 2. The Kier molecular flexibility index (Phi) is 19.0. The van der Waals surface area contributed by atoms with Crippen LogP contribution in [0.5, 0.6) is 46.0 Å². The van der Waals surface area contributed by atoms with Gasteiger partial charge < -0.3 is 38.6 Å². The van der Waals surface area contributed by atoms with Gasteiger partial charge >= 0.3 is 24.7 Å². The van der Waals surface area contributed by atoms with Crippen molar-refractivity contribution in [3.05, 3.63) is 169 Å². The van der Waals surface area contributed by atoms with E-state index in [-0.39, 0.29) is 42.3 Å². The average Bonchev–Trinajstić information content (AvgIpc) is 3.27. The first kappa shape index (κ1) is 52.5. The van der Waals surface area contributed by atoms with E-state index in [1.807, 2.05) is 30.3 Å². The second-order valence-corrected chi connectivity index (χ2v) is 15.2. The molecule has 2 unspecified atom stereocenters. The van der Waals surface area contributed by atoms with Crippen molar-refractivity contribution in [1.82, 2.24) is 9.80 Å². The van der Waals surface area contributed by atoms with Crippen molar-refractivity contribution >= 4 is 11.9 Å². The van der Waals surface area contributed by atoms with Gasteiger partial charge in [-0.1, -0.05) is 54.6 Å². The minimum Gasteiger partial charge on any atom is -0.486 e. The van der Waals surface area contributed by atoms with Crippen LogP contribution >= 0.6 is 0 Å². The monoisotopic (exact) mass is 968 g/mol. The molecule has 0 heterocycles. The third-order valence-electron chi connectivity index (χ3n) is 9.52. The van der Waals surface area contributed by atoms with Gasteiger partial charge in [-0.2, -0.15) is 0 Å². The van der Waals surface area contributed by atoms with Gasteiger partial charge in [0.2, 0.25) is 0 Å². The zero-order valence-electron chi connectivity index (χ0n) is 37.0. The van der Waals surface area contributed by atoms with Crippen LogP contribution in [0.3, 0.4) is 0 Å². The Labute approximate surface area is 392 Å². The fourth-order valence-electron chi connectivity index (χ4n) is 6.47. The predicted molar refractivity (Wildman–Crippen MR) is 238 cm³/mol. The summed E-state index contributed by atoms with van der Waals surface area (Å²) in [7, 11) is 3.41. The number of carboxylic acids is 2. The topological polar surface area (TPSA) is 136 Å². The minimum atomic E-state index is -4.80. The summed E-state index contributed by atoms with van der Waals surface area (Å²) in [6, 6.07) is 39.0. The molecule has 0 fully saturated rings. The Balaban J connectivity index is 0.000000258. The molecule has 6 rings (SSSR count). The maximum atomic E-state index is 13.4. The van der Waals surface area contributed by atoms with E-state index in [2.05, 4.69) is 9.47 Å². The highest BCUT2D eigenvalue weighted by molar-refractivity contribution is 5.69. The molecule has 12 nitrogen and oxygen atoms in total. The number of ether oxygens (including phenoxy) is 6. The molecule has 0 bridgehead atoms. The van der Waals surface area contributed by atoms with Crippen LogP contribution in [0.2, 0.25) is 0 Å². The molecule has 6 aromatic carbocycles. The maximum absolute atomic E-state index is 13.4. The highest BCUT2D eigenvalue weighted by Gasteiger charge is 2.32. The number of benzene rings is 6. The first-order chi connectivity index (χ1) is 32.7. The number of hydrogen-bond donors (Lipinski definition) is 2. The first-order valence-corrected chi connectivity index (χ1v) is 21.0. The van der Waals surface area contributed by atoms with E-state index in [0.29, 0.717) is 48.9 Å². The van der Waals surface area contributed by atoms with E-state index >= 15 is 0 Å². The summed E-state index contributed by atoms with van der Waals surface area (Å²) in [5.41, 5.74) is 1.67. The van der Waals surface area contributed by atoms with Gasteiger partial charge in [0.1, 0.15) is 64.0 Å². The molecule has 6 aromatic rings. The number of rotatable bonds is 22. The SMILES string of the molecule is CN(CCC(Oc1ccc(Oc2cccc(OC(F)(F)F)c2)cc1)c1ccc(F)cc1)CC(=O)O.CN(CCC(Oc1ccc(Oc2cccc(OC(F)(F)F)c2)cc1)c1ccccc1)CC(=O)O.